The first-order valence-electron chi connectivity index (χ1n) is 11.2. The average Bonchev–Trinajstić information content (AvgIpc) is 3.15. The van der Waals surface area contributed by atoms with Gasteiger partial charge < -0.3 is 29.3 Å². The van der Waals surface area contributed by atoms with Gasteiger partial charge in [0.2, 0.25) is 0 Å². The van der Waals surface area contributed by atoms with Gasteiger partial charge in [0.15, 0.2) is 23.0 Å². The van der Waals surface area contributed by atoms with Crippen molar-refractivity contribution < 1.29 is 34.0 Å². The van der Waals surface area contributed by atoms with Crippen LogP contribution in [0.1, 0.15) is 22.7 Å². The largest absolute Gasteiger partial charge is 0.507 e. The van der Waals surface area contributed by atoms with E-state index in [2.05, 4.69) is 15.9 Å². The number of Topliss-reactive ketones (excluding diaryl/α,β-unsaturated/α-hetero) is 1. The Labute approximate surface area is 215 Å². The highest BCUT2D eigenvalue weighted by Gasteiger charge is 2.46. The number of phenols is 1. The molecule has 1 fully saturated rings. The Morgan fingerprint density at radius 3 is 2.50 bits per heavy atom. The van der Waals surface area contributed by atoms with Crippen molar-refractivity contribution in [3.8, 4) is 23.0 Å². The Balaban J connectivity index is 1.68. The fraction of sp³-hybridized carbons (Fsp3) is 0.185. The molecule has 5 rings (SSSR count). The van der Waals surface area contributed by atoms with Crippen molar-refractivity contribution >= 4 is 33.4 Å². The quantitative estimate of drug-likeness (QED) is 0.272. The number of ketones is 1. The standard InChI is InChI=1S/C27H22BrNO7/c1-34-21-13-17(11-18(28)25(21)31)23-22(24(30)16-7-8-19-20(12-16)36-10-9-35-19)26(32)27(33)29(23)14-15-5-3-2-4-6-15/h2-8,11-13,23,30-31H,9-10,14H2,1H3/b24-22-. The number of methoxy groups -OCH3 is 1. The third-order valence-corrected chi connectivity index (χ3v) is 6.74. The number of ether oxygens (including phenoxy) is 3. The molecular weight excluding hydrogens is 530 g/mol. The Morgan fingerprint density at radius 1 is 1.06 bits per heavy atom. The molecule has 2 aliphatic rings. The number of rotatable bonds is 5. The molecule has 8 nitrogen and oxygen atoms in total. The lowest BCUT2D eigenvalue weighted by molar-refractivity contribution is -0.140. The van der Waals surface area contributed by atoms with Gasteiger partial charge in [0.1, 0.15) is 19.0 Å². The highest BCUT2D eigenvalue weighted by Crippen LogP contribution is 2.45. The van der Waals surface area contributed by atoms with Crippen LogP contribution in [0.3, 0.4) is 0 Å². The zero-order valence-electron chi connectivity index (χ0n) is 19.2. The molecular formula is C27H22BrNO7. The molecule has 0 aromatic heterocycles. The predicted octanol–water partition coefficient (Wildman–Crippen LogP) is 4.56. The van der Waals surface area contributed by atoms with Crippen LogP contribution in [-0.2, 0) is 16.1 Å². The molecule has 1 unspecified atom stereocenters. The van der Waals surface area contributed by atoms with Crippen LogP contribution in [0.25, 0.3) is 5.76 Å². The number of hydrogen-bond donors (Lipinski definition) is 2. The molecule has 0 aliphatic carbocycles. The summed E-state index contributed by atoms with van der Waals surface area (Å²) in [5, 5.41) is 21.7. The Bertz CT molecular complexity index is 1390. The van der Waals surface area contributed by atoms with Crippen molar-refractivity contribution in [2.24, 2.45) is 0 Å². The topological polar surface area (TPSA) is 106 Å². The Hall–Kier alpha value is -3.98. The number of carbonyl (C=O) groups excluding carboxylic acids is 2. The van der Waals surface area contributed by atoms with E-state index in [4.69, 9.17) is 14.2 Å². The van der Waals surface area contributed by atoms with Gasteiger partial charge in [-0.25, -0.2) is 0 Å². The van der Waals surface area contributed by atoms with Gasteiger partial charge in [-0.05, 0) is 57.4 Å². The number of aromatic hydroxyl groups is 1. The fourth-order valence-corrected chi connectivity index (χ4v) is 4.88. The second-order valence-corrected chi connectivity index (χ2v) is 9.18. The maximum absolute atomic E-state index is 13.3. The van der Waals surface area contributed by atoms with Gasteiger partial charge in [0, 0.05) is 12.1 Å². The van der Waals surface area contributed by atoms with Crippen molar-refractivity contribution in [3.63, 3.8) is 0 Å². The molecule has 2 heterocycles. The average molecular weight is 552 g/mol. The summed E-state index contributed by atoms with van der Waals surface area (Å²) in [5.74, 6) is -0.885. The van der Waals surface area contributed by atoms with E-state index >= 15 is 0 Å². The zero-order valence-corrected chi connectivity index (χ0v) is 20.8. The molecule has 2 N–H and O–H groups in total. The number of carbonyl (C=O) groups is 2. The van der Waals surface area contributed by atoms with Crippen LogP contribution in [0, 0.1) is 0 Å². The number of fused-ring (bicyclic) bond motifs is 1. The first kappa shape index (κ1) is 23.7. The zero-order chi connectivity index (χ0) is 25.4. The molecule has 1 amide bonds. The molecule has 1 atom stereocenters. The molecule has 0 saturated carbocycles. The monoisotopic (exact) mass is 551 g/mol. The van der Waals surface area contributed by atoms with Gasteiger partial charge in [-0.3, -0.25) is 9.59 Å². The lowest BCUT2D eigenvalue weighted by atomic mass is 9.94. The van der Waals surface area contributed by atoms with Gasteiger partial charge >= 0.3 is 0 Å². The van der Waals surface area contributed by atoms with Gasteiger partial charge in [0.25, 0.3) is 11.7 Å². The smallest absolute Gasteiger partial charge is 0.295 e. The normalized spacial score (nSPS) is 18.4. The number of phenolic OH excluding ortho intramolecular Hbond substituents is 1. The number of benzene rings is 3. The molecule has 0 spiro atoms. The minimum Gasteiger partial charge on any atom is -0.507 e. The molecule has 2 aliphatic heterocycles. The van der Waals surface area contributed by atoms with E-state index < -0.39 is 17.7 Å². The first-order chi connectivity index (χ1) is 17.4. The number of hydrogen-bond acceptors (Lipinski definition) is 7. The molecule has 9 heteroatoms. The summed E-state index contributed by atoms with van der Waals surface area (Å²) < 4.78 is 16.8. The number of nitrogens with zero attached hydrogens (tertiary/aromatic N) is 1. The molecule has 3 aromatic rings. The molecule has 36 heavy (non-hydrogen) atoms. The van der Waals surface area contributed by atoms with Gasteiger partial charge in [0.05, 0.1) is 23.2 Å². The van der Waals surface area contributed by atoms with Crippen LogP contribution in [-0.4, -0.2) is 47.1 Å². The molecule has 0 radical (unpaired) electrons. The number of amides is 1. The van der Waals surface area contributed by atoms with E-state index in [-0.39, 0.29) is 29.4 Å². The third-order valence-electron chi connectivity index (χ3n) is 6.14. The van der Waals surface area contributed by atoms with E-state index in [9.17, 15) is 19.8 Å². The SMILES string of the molecule is COc1cc(C2/C(=C(/O)c3ccc4c(c3)OCCO4)C(=O)C(=O)N2Cc2ccccc2)cc(Br)c1O. The van der Waals surface area contributed by atoms with Crippen molar-refractivity contribution in [2.75, 3.05) is 20.3 Å². The van der Waals surface area contributed by atoms with Crippen LogP contribution < -0.4 is 14.2 Å². The van der Waals surface area contributed by atoms with Crippen molar-refractivity contribution in [1.82, 2.24) is 4.90 Å². The van der Waals surface area contributed by atoms with Crippen molar-refractivity contribution in [3.05, 3.63) is 87.4 Å². The van der Waals surface area contributed by atoms with Crippen LogP contribution in [0.4, 0.5) is 0 Å². The highest BCUT2D eigenvalue weighted by molar-refractivity contribution is 9.10. The molecule has 0 bridgehead atoms. The molecule has 184 valence electrons. The van der Waals surface area contributed by atoms with Crippen LogP contribution in [0.5, 0.6) is 23.0 Å². The fourth-order valence-electron chi connectivity index (χ4n) is 4.42. The van der Waals surface area contributed by atoms with Crippen LogP contribution >= 0.6 is 15.9 Å². The maximum atomic E-state index is 13.3. The highest BCUT2D eigenvalue weighted by atomic mass is 79.9. The minimum absolute atomic E-state index is 0.0766. The van der Waals surface area contributed by atoms with E-state index in [1.54, 1.807) is 30.3 Å². The van der Waals surface area contributed by atoms with E-state index in [0.717, 1.165) is 5.56 Å². The van der Waals surface area contributed by atoms with Crippen molar-refractivity contribution in [2.45, 2.75) is 12.6 Å². The van der Waals surface area contributed by atoms with E-state index in [1.165, 1.54) is 12.0 Å². The van der Waals surface area contributed by atoms with E-state index in [1.807, 2.05) is 30.3 Å². The first-order valence-corrected chi connectivity index (χ1v) is 12.0. The van der Waals surface area contributed by atoms with Gasteiger partial charge in [-0.2, -0.15) is 0 Å². The van der Waals surface area contributed by atoms with Gasteiger partial charge in [-0.15, -0.1) is 0 Å². The van der Waals surface area contributed by atoms with Crippen molar-refractivity contribution in [1.29, 1.82) is 0 Å². The second-order valence-electron chi connectivity index (χ2n) is 8.32. The summed E-state index contributed by atoms with van der Waals surface area (Å²) in [6.45, 7) is 0.912. The predicted molar refractivity (Wildman–Crippen MR) is 134 cm³/mol. The Kier molecular flexibility index (Phi) is 6.32. The van der Waals surface area contributed by atoms with Crippen LogP contribution in [0.2, 0.25) is 0 Å². The number of aliphatic hydroxyl groups excluding tert-OH is 1. The summed E-state index contributed by atoms with van der Waals surface area (Å²) in [4.78, 5) is 28.0. The molecule has 1 saturated heterocycles. The summed E-state index contributed by atoms with van der Waals surface area (Å²) >= 11 is 3.32. The Morgan fingerprint density at radius 2 is 1.78 bits per heavy atom. The number of likely N-dealkylation sites (tertiary alicyclic amines) is 1. The molecule has 3 aromatic carbocycles. The lowest BCUT2D eigenvalue weighted by Gasteiger charge is -2.26. The summed E-state index contributed by atoms with van der Waals surface area (Å²) in [6, 6.07) is 16.3. The number of aliphatic hydroxyl groups is 1. The second kappa shape index (κ2) is 9.58. The minimum atomic E-state index is -0.941. The van der Waals surface area contributed by atoms with E-state index in [0.29, 0.717) is 40.3 Å². The summed E-state index contributed by atoms with van der Waals surface area (Å²) in [7, 11) is 1.40. The van der Waals surface area contributed by atoms with Crippen LogP contribution in [0.15, 0.2) is 70.7 Å². The lowest BCUT2D eigenvalue weighted by Crippen LogP contribution is -2.29. The number of halogens is 1. The third kappa shape index (κ3) is 4.15. The van der Waals surface area contributed by atoms with Gasteiger partial charge in [-0.1, -0.05) is 30.3 Å². The summed E-state index contributed by atoms with van der Waals surface area (Å²) in [6.07, 6.45) is 0. The summed E-state index contributed by atoms with van der Waals surface area (Å²) in [5.41, 5.74) is 1.53. The maximum Gasteiger partial charge on any atom is 0.295 e.